The first-order chi connectivity index (χ1) is 10.0. The van der Waals surface area contributed by atoms with Crippen LogP contribution in [0.5, 0.6) is 0 Å². The van der Waals surface area contributed by atoms with Gasteiger partial charge in [0, 0.05) is 6.42 Å². The van der Waals surface area contributed by atoms with Gasteiger partial charge in [0.15, 0.2) is 0 Å². The molecule has 1 aliphatic rings. The third kappa shape index (κ3) is 5.01. The SMILES string of the molecule is CCOC(=O)C(O)(C/C=C/CC1C=CCC1)C(=O)OCC. The zero-order chi connectivity index (χ0) is 15.7. The zero-order valence-electron chi connectivity index (χ0n) is 12.7. The highest BCUT2D eigenvalue weighted by Crippen LogP contribution is 2.22. The Hall–Kier alpha value is -1.62. The van der Waals surface area contributed by atoms with Crippen molar-refractivity contribution in [1.82, 2.24) is 0 Å². The van der Waals surface area contributed by atoms with Gasteiger partial charge in [0.05, 0.1) is 13.2 Å². The van der Waals surface area contributed by atoms with Crippen LogP contribution in [0.3, 0.4) is 0 Å². The number of ether oxygens (including phenoxy) is 2. The average Bonchev–Trinajstić information content (AvgIpc) is 2.97. The van der Waals surface area contributed by atoms with Gasteiger partial charge >= 0.3 is 11.9 Å². The van der Waals surface area contributed by atoms with E-state index < -0.39 is 17.5 Å². The van der Waals surface area contributed by atoms with E-state index in [1.807, 2.05) is 6.08 Å². The molecule has 1 rings (SSSR count). The summed E-state index contributed by atoms with van der Waals surface area (Å²) in [7, 11) is 0. The number of allylic oxidation sites excluding steroid dienone is 3. The van der Waals surface area contributed by atoms with Crippen LogP contribution < -0.4 is 0 Å². The van der Waals surface area contributed by atoms with Crippen LogP contribution in [0.25, 0.3) is 0 Å². The Morgan fingerprint density at radius 3 is 2.33 bits per heavy atom. The molecule has 0 spiro atoms. The number of aliphatic hydroxyl groups is 1. The summed E-state index contributed by atoms with van der Waals surface area (Å²) in [4.78, 5) is 23.6. The minimum absolute atomic E-state index is 0.0944. The maximum Gasteiger partial charge on any atom is 0.350 e. The highest BCUT2D eigenvalue weighted by atomic mass is 16.6. The van der Waals surface area contributed by atoms with E-state index in [0.29, 0.717) is 5.92 Å². The Labute approximate surface area is 125 Å². The maximum absolute atomic E-state index is 11.8. The molecule has 0 amide bonds. The average molecular weight is 296 g/mol. The molecule has 1 unspecified atom stereocenters. The van der Waals surface area contributed by atoms with Gasteiger partial charge in [-0.1, -0.05) is 24.3 Å². The van der Waals surface area contributed by atoms with Crippen molar-refractivity contribution >= 4 is 11.9 Å². The van der Waals surface area contributed by atoms with Gasteiger partial charge in [-0.25, -0.2) is 9.59 Å². The summed E-state index contributed by atoms with van der Waals surface area (Å²) < 4.78 is 9.54. The Kier molecular flexibility index (Phi) is 7.15. The summed E-state index contributed by atoms with van der Waals surface area (Å²) in [5.41, 5.74) is -2.26. The summed E-state index contributed by atoms with van der Waals surface area (Å²) in [6, 6.07) is 0. The van der Waals surface area contributed by atoms with E-state index in [9.17, 15) is 14.7 Å². The van der Waals surface area contributed by atoms with E-state index >= 15 is 0 Å². The highest BCUT2D eigenvalue weighted by molar-refractivity contribution is 6.03. The lowest BCUT2D eigenvalue weighted by Gasteiger charge is -2.22. The van der Waals surface area contributed by atoms with Crippen molar-refractivity contribution in [2.24, 2.45) is 5.92 Å². The first kappa shape index (κ1) is 17.4. The van der Waals surface area contributed by atoms with Gasteiger partial charge in [0.25, 0.3) is 5.60 Å². The van der Waals surface area contributed by atoms with Gasteiger partial charge in [-0.15, -0.1) is 0 Å². The van der Waals surface area contributed by atoms with E-state index in [1.165, 1.54) is 0 Å². The lowest BCUT2D eigenvalue weighted by Crippen LogP contribution is -2.48. The first-order valence-corrected chi connectivity index (χ1v) is 7.43. The smallest absolute Gasteiger partial charge is 0.350 e. The molecule has 0 radical (unpaired) electrons. The molecule has 5 heteroatoms. The van der Waals surface area contributed by atoms with Crippen molar-refractivity contribution in [1.29, 1.82) is 0 Å². The highest BCUT2D eigenvalue weighted by Gasteiger charge is 2.46. The van der Waals surface area contributed by atoms with Gasteiger partial charge in [-0.05, 0) is 39.0 Å². The van der Waals surface area contributed by atoms with Crippen LogP contribution >= 0.6 is 0 Å². The largest absolute Gasteiger partial charge is 0.463 e. The monoisotopic (exact) mass is 296 g/mol. The van der Waals surface area contributed by atoms with Gasteiger partial charge in [-0.3, -0.25) is 0 Å². The Morgan fingerprint density at radius 1 is 1.24 bits per heavy atom. The first-order valence-electron chi connectivity index (χ1n) is 7.43. The molecule has 5 nitrogen and oxygen atoms in total. The van der Waals surface area contributed by atoms with Crippen molar-refractivity contribution in [2.45, 2.75) is 45.1 Å². The molecular formula is C16H24O5. The summed E-state index contributed by atoms with van der Waals surface area (Å²) in [6.45, 7) is 3.42. The van der Waals surface area contributed by atoms with Crippen molar-refractivity contribution in [3.05, 3.63) is 24.3 Å². The third-order valence-corrected chi connectivity index (χ3v) is 3.36. The molecule has 0 bridgehead atoms. The normalized spacial score (nSPS) is 18.1. The number of esters is 2. The lowest BCUT2D eigenvalue weighted by molar-refractivity contribution is -0.182. The van der Waals surface area contributed by atoms with Crippen LogP contribution in [-0.4, -0.2) is 35.9 Å². The Morgan fingerprint density at radius 2 is 1.86 bits per heavy atom. The molecule has 0 fully saturated rings. The molecule has 1 atom stereocenters. The predicted octanol–water partition coefficient (Wildman–Crippen LogP) is 2.15. The predicted molar refractivity (Wildman–Crippen MR) is 78.5 cm³/mol. The number of carbonyl (C=O) groups excluding carboxylic acids is 2. The maximum atomic E-state index is 11.8. The number of hydrogen-bond acceptors (Lipinski definition) is 5. The van der Waals surface area contributed by atoms with Crippen LogP contribution in [0.1, 0.15) is 39.5 Å². The van der Waals surface area contributed by atoms with E-state index in [4.69, 9.17) is 9.47 Å². The Balaban J connectivity index is 2.63. The standard InChI is InChI=1S/C16H24O5/c1-3-20-14(17)16(19,15(18)21-4-2)12-8-7-11-13-9-5-6-10-13/h5,7-9,13,19H,3-4,6,10-12H2,1-2H3/b8-7+. The molecule has 0 aromatic heterocycles. The van der Waals surface area contributed by atoms with Crippen molar-refractivity contribution in [3.8, 4) is 0 Å². The molecule has 0 aromatic carbocycles. The fourth-order valence-electron chi connectivity index (χ4n) is 2.17. The van der Waals surface area contributed by atoms with Crippen molar-refractivity contribution < 1.29 is 24.2 Å². The molecule has 0 saturated heterocycles. The van der Waals surface area contributed by atoms with Crippen LogP contribution in [-0.2, 0) is 19.1 Å². The quantitative estimate of drug-likeness (QED) is 0.422. The third-order valence-electron chi connectivity index (χ3n) is 3.36. The van der Waals surface area contributed by atoms with E-state index in [0.717, 1.165) is 19.3 Å². The molecule has 21 heavy (non-hydrogen) atoms. The summed E-state index contributed by atoms with van der Waals surface area (Å²) >= 11 is 0. The summed E-state index contributed by atoms with van der Waals surface area (Å²) in [6.07, 6.45) is 10.7. The molecule has 0 heterocycles. The number of carbonyl (C=O) groups is 2. The van der Waals surface area contributed by atoms with Gasteiger partial charge < -0.3 is 14.6 Å². The molecule has 0 saturated carbocycles. The van der Waals surface area contributed by atoms with E-state index in [1.54, 1.807) is 19.9 Å². The molecule has 1 N–H and O–H groups in total. The summed E-state index contributed by atoms with van der Waals surface area (Å²) in [5, 5.41) is 10.3. The minimum atomic E-state index is -2.26. The Bertz CT molecular complexity index is 393. The zero-order valence-corrected chi connectivity index (χ0v) is 12.7. The van der Waals surface area contributed by atoms with Crippen molar-refractivity contribution in [3.63, 3.8) is 0 Å². The van der Waals surface area contributed by atoms with Crippen LogP contribution in [0.2, 0.25) is 0 Å². The molecule has 0 aliphatic heterocycles. The lowest BCUT2D eigenvalue weighted by atomic mass is 9.98. The second-order valence-electron chi connectivity index (χ2n) is 4.98. The number of hydrogen-bond donors (Lipinski definition) is 1. The van der Waals surface area contributed by atoms with Crippen LogP contribution in [0, 0.1) is 5.92 Å². The topological polar surface area (TPSA) is 72.8 Å². The van der Waals surface area contributed by atoms with Gasteiger partial charge in [0.1, 0.15) is 0 Å². The van der Waals surface area contributed by atoms with Gasteiger partial charge in [-0.2, -0.15) is 0 Å². The fourth-order valence-corrected chi connectivity index (χ4v) is 2.17. The molecule has 118 valence electrons. The second-order valence-corrected chi connectivity index (χ2v) is 4.98. The fraction of sp³-hybridized carbons (Fsp3) is 0.625. The number of rotatable bonds is 8. The molecule has 0 aromatic rings. The summed E-state index contributed by atoms with van der Waals surface area (Å²) in [5.74, 6) is -1.43. The van der Waals surface area contributed by atoms with Gasteiger partial charge in [0.2, 0.25) is 0 Å². The molecular weight excluding hydrogens is 272 g/mol. The van der Waals surface area contributed by atoms with Crippen LogP contribution in [0.15, 0.2) is 24.3 Å². The van der Waals surface area contributed by atoms with Crippen LogP contribution in [0.4, 0.5) is 0 Å². The second kappa shape index (κ2) is 8.62. The van der Waals surface area contributed by atoms with E-state index in [-0.39, 0.29) is 19.6 Å². The minimum Gasteiger partial charge on any atom is -0.463 e. The van der Waals surface area contributed by atoms with Crippen molar-refractivity contribution in [2.75, 3.05) is 13.2 Å². The van der Waals surface area contributed by atoms with E-state index in [2.05, 4.69) is 12.2 Å². The molecule has 1 aliphatic carbocycles.